The maximum absolute atomic E-state index is 11.2. The predicted molar refractivity (Wildman–Crippen MR) is 49.0 cm³/mol. The molecule has 10 heteroatoms. The van der Waals surface area contributed by atoms with Gasteiger partial charge in [0.1, 0.15) is 4.92 Å². The van der Waals surface area contributed by atoms with Crippen LogP contribution in [0.3, 0.4) is 0 Å². The fraction of sp³-hybridized carbons (Fsp3) is 0.833. The van der Waals surface area contributed by atoms with Crippen LogP contribution in [0.15, 0.2) is 5.11 Å². The summed E-state index contributed by atoms with van der Waals surface area (Å²) in [5.41, 5.74) is -2.74. The van der Waals surface area contributed by atoms with Crippen molar-refractivity contribution in [1.29, 1.82) is 0 Å². The van der Waals surface area contributed by atoms with Gasteiger partial charge in [-0.2, -0.15) is 0 Å². The van der Waals surface area contributed by atoms with Gasteiger partial charge in [0.15, 0.2) is 13.2 Å². The van der Waals surface area contributed by atoms with Gasteiger partial charge < -0.3 is 20.3 Å². The smallest absolute Gasteiger partial charge is 0.483 e. The quantitative estimate of drug-likeness (QED) is 0.202. The molecule has 0 aliphatic heterocycles. The number of nitro groups is 1. The van der Waals surface area contributed by atoms with E-state index in [1.807, 2.05) is 0 Å². The van der Waals surface area contributed by atoms with E-state index in [0.717, 1.165) is 4.90 Å². The molecule has 0 aliphatic carbocycles. The SMILES string of the molecule is CN(C)C(=O)/N=[N+](\[O-])C(CO)(CO)[N+](=O)[O-]. The lowest BCUT2D eigenvalue weighted by molar-refractivity contribution is -0.816. The number of nitrogens with zero attached hydrogens (tertiary/aromatic N) is 4. The molecule has 0 saturated carbocycles. The van der Waals surface area contributed by atoms with Crippen molar-refractivity contribution in [3.8, 4) is 0 Å². The molecule has 0 fully saturated rings. The van der Waals surface area contributed by atoms with Gasteiger partial charge in [-0.25, -0.2) is 4.79 Å². The fourth-order valence-corrected chi connectivity index (χ4v) is 0.617. The van der Waals surface area contributed by atoms with Crippen LogP contribution in [0.2, 0.25) is 0 Å². The summed E-state index contributed by atoms with van der Waals surface area (Å²) in [5, 5.41) is 42.1. The van der Waals surface area contributed by atoms with Crippen LogP contribution in [-0.2, 0) is 0 Å². The summed E-state index contributed by atoms with van der Waals surface area (Å²) in [6, 6.07) is -1.04. The van der Waals surface area contributed by atoms with E-state index in [9.17, 15) is 20.1 Å². The van der Waals surface area contributed by atoms with E-state index in [4.69, 9.17) is 10.2 Å². The van der Waals surface area contributed by atoms with E-state index in [1.54, 1.807) is 0 Å². The topological polar surface area (TPSA) is 142 Å². The number of aliphatic hydroxyl groups excluding tert-OH is 2. The zero-order valence-corrected chi connectivity index (χ0v) is 8.73. The van der Waals surface area contributed by atoms with E-state index in [2.05, 4.69) is 5.11 Å². The fourth-order valence-electron chi connectivity index (χ4n) is 0.617. The maximum atomic E-state index is 11.2. The first-order valence-electron chi connectivity index (χ1n) is 4.08. The van der Waals surface area contributed by atoms with Crippen molar-refractivity contribution in [1.82, 2.24) is 4.90 Å². The summed E-state index contributed by atoms with van der Waals surface area (Å²) in [7, 11) is 2.57. The molecule has 0 spiro atoms. The van der Waals surface area contributed by atoms with Crippen molar-refractivity contribution >= 4 is 6.03 Å². The monoisotopic (exact) mass is 236 g/mol. The van der Waals surface area contributed by atoms with Gasteiger partial charge in [0.05, 0.1) is 5.11 Å². The Kier molecular flexibility index (Phi) is 4.72. The van der Waals surface area contributed by atoms with Crippen molar-refractivity contribution in [3.05, 3.63) is 15.3 Å². The first-order chi connectivity index (χ1) is 7.31. The molecule has 0 rings (SSSR count). The molecule has 10 nitrogen and oxygen atoms in total. The Labute approximate surface area is 90.1 Å². The molecule has 0 bridgehead atoms. The van der Waals surface area contributed by atoms with Crippen LogP contribution in [0, 0.1) is 15.3 Å². The Balaban J connectivity index is 5.25. The van der Waals surface area contributed by atoms with Gasteiger partial charge in [-0.05, 0) is 4.86 Å². The van der Waals surface area contributed by atoms with Crippen LogP contribution in [0.1, 0.15) is 0 Å². The molecule has 0 aromatic carbocycles. The second kappa shape index (κ2) is 5.32. The van der Waals surface area contributed by atoms with Crippen molar-refractivity contribution in [2.75, 3.05) is 27.3 Å². The van der Waals surface area contributed by atoms with Gasteiger partial charge in [0.25, 0.3) is 0 Å². The summed E-state index contributed by atoms with van der Waals surface area (Å²) < 4.78 is 0. The first-order valence-corrected chi connectivity index (χ1v) is 4.08. The normalized spacial score (nSPS) is 12.4. The third kappa shape index (κ3) is 2.61. The van der Waals surface area contributed by atoms with Crippen LogP contribution in [0.4, 0.5) is 4.79 Å². The Morgan fingerprint density at radius 1 is 1.38 bits per heavy atom. The van der Waals surface area contributed by atoms with Gasteiger partial charge in [0, 0.05) is 14.1 Å². The van der Waals surface area contributed by atoms with E-state index in [1.165, 1.54) is 14.1 Å². The molecule has 0 atom stereocenters. The first kappa shape index (κ1) is 14.2. The van der Waals surface area contributed by atoms with Gasteiger partial charge in [-0.15, -0.1) is 0 Å². The number of aliphatic hydroxyl groups is 2. The Hall–Kier alpha value is -1.81. The molecule has 92 valence electrons. The van der Waals surface area contributed by atoms with Gasteiger partial charge in [-0.3, -0.25) is 10.1 Å². The highest BCUT2D eigenvalue weighted by Gasteiger charge is 2.53. The number of hydrogen-bond donors (Lipinski definition) is 2. The molecule has 0 radical (unpaired) electrons. The number of hydrogen-bond acceptors (Lipinski definition) is 6. The second-order valence-corrected chi connectivity index (χ2v) is 3.11. The third-order valence-electron chi connectivity index (χ3n) is 1.76. The van der Waals surface area contributed by atoms with E-state index >= 15 is 0 Å². The minimum absolute atomic E-state index is 0.602. The van der Waals surface area contributed by atoms with Crippen LogP contribution in [0.25, 0.3) is 0 Å². The van der Waals surface area contributed by atoms with Crippen molar-refractivity contribution in [3.63, 3.8) is 0 Å². The summed E-state index contributed by atoms with van der Waals surface area (Å²) in [6.07, 6.45) is 0. The Morgan fingerprint density at radius 3 is 2.06 bits per heavy atom. The number of azo groups is 1. The predicted octanol–water partition coefficient (Wildman–Crippen LogP) is -1.41. The number of urea groups is 1. The molecule has 0 heterocycles. The van der Waals surface area contributed by atoms with Crippen molar-refractivity contribution in [2.45, 2.75) is 5.66 Å². The second-order valence-electron chi connectivity index (χ2n) is 3.11. The van der Waals surface area contributed by atoms with E-state index in [-0.39, 0.29) is 0 Å². The molecule has 2 N–H and O–H groups in total. The van der Waals surface area contributed by atoms with Gasteiger partial charge >= 0.3 is 11.7 Å². The number of carbonyl (C=O) groups is 1. The molecule has 2 amide bonds. The zero-order valence-electron chi connectivity index (χ0n) is 8.73. The van der Waals surface area contributed by atoms with Crippen LogP contribution in [-0.4, -0.2) is 63.9 Å². The molecule has 16 heavy (non-hydrogen) atoms. The van der Waals surface area contributed by atoms with E-state index in [0.29, 0.717) is 0 Å². The largest absolute Gasteiger partial charge is 0.594 e. The average Bonchev–Trinajstić information content (AvgIpc) is 2.19. The lowest BCUT2D eigenvalue weighted by atomic mass is 10.2. The van der Waals surface area contributed by atoms with Crippen molar-refractivity contribution in [2.24, 2.45) is 5.11 Å². The summed E-state index contributed by atoms with van der Waals surface area (Å²) in [6.45, 7) is -2.55. The number of carbonyl (C=O) groups excluding carboxylic acids is 1. The van der Waals surface area contributed by atoms with Crippen LogP contribution >= 0.6 is 0 Å². The lowest BCUT2D eigenvalue weighted by Gasteiger charge is -2.16. The molecular formula is C6H12N4O6. The molecular weight excluding hydrogens is 224 g/mol. The zero-order chi connectivity index (χ0) is 12.9. The third-order valence-corrected chi connectivity index (χ3v) is 1.76. The Morgan fingerprint density at radius 2 is 1.81 bits per heavy atom. The number of hydroxylamine groups is 1. The molecule has 0 unspecified atom stereocenters. The van der Waals surface area contributed by atoms with Gasteiger partial charge in [-0.1, -0.05) is 0 Å². The molecule has 0 aromatic rings. The van der Waals surface area contributed by atoms with Crippen molar-refractivity contribution < 1.29 is 24.8 Å². The highest BCUT2D eigenvalue weighted by molar-refractivity contribution is 5.73. The summed E-state index contributed by atoms with van der Waals surface area (Å²) >= 11 is 0. The van der Waals surface area contributed by atoms with Crippen LogP contribution < -0.4 is 0 Å². The highest BCUT2D eigenvalue weighted by atomic mass is 16.7. The standard InChI is InChI=1S/C6H12N4O6/c1-8(2)5(13)7-9(14)6(3-11,4-12)10(15)16/h11-12H,3-4H2,1-2H3/b9-7-. The lowest BCUT2D eigenvalue weighted by Crippen LogP contribution is -2.53. The minimum atomic E-state index is -2.74. The molecule has 0 aliphatic rings. The minimum Gasteiger partial charge on any atom is -0.594 e. The summed E-state index contributed by atoms with van der Waals surface area (Å²) in [4.78, 5) is 20.6. The highest BCUT2D eigenvalue weighted by Crippen LogP contribution is 2.10. The van der Waals surface area contributed by atoms with Crippen LogP contribution in [0.5, 0.6) is 0 Å². The maximum Gasteiger partial charge on any atom is 0.483 e. The van der Waals surface area contributed by atoms with E-state index < -0.39 is 34.7 Å². The van der Waals surface area contributed by atoms with Gasteiger partial charge in [0.2, 0.25) is 0 Å². The number of rotatable bonds is 4. The average molecular weight is 236 g/mol. The Bertz CT molecular complexity index is 310. The molecule has 0 saturated heterocycles. The number of amides is 2. The molecule has 0 aromatic heterocycles. The summed E-state index contributed by atoms with van der Waals surface area (Å²) in [5.74, 6) is 0.